The minimum Gasteiger partial charge on any atom is -0.347 e. The van der Waals surface area contributed by atoms with Gasteiger partial charge in [0.15, 0.2) is 0 Å². The number of fused-ring (bicyclic) bond motifs is 1. The van der Waals surface area contributed by atoms with Crippen molar-refractivity contribution in [2.24, 2.45) is 7.05 Å². The molecule has 0 bridgehead atoms. The Kier molecular flexibility index (Phi) is 1.93. The van der Waals surface area contributed by atoms with E-state index in [0.29, 0.717) is 0 Å². The van der Waals surface area contributed by atoms with Crippen molar-refractivity contribution in [3.8, 4) is 0 Å². The maximum absolute atomic E-state index is 3.47. The lowest BCUT2D eigenvalue weighted by atomic mass is 10.2. The van der Waals surface area contributed by atoms with Crippen molar-refractivity contribution in [1.82, 2.24) is 4.57 Å². The quantitative estimate of drug-likeness (QED) is 0.656. The number of halogens is 1. The van der Waals surface area contributed by atoms with Crippen LogP contribution in [0.15, 0.2) is 30.3 Å². The molecule has 1 aromatic carbocycles. The van der Waals surface area contributed by atoms with Gasteiger partial charge in [-0.25, -0.2) is 0 Å². The van der Waals surface area contributed by atoms with Gasteiger partial charge in [-0.2, -0.15) is 0 Å². The van der Waals surface area contributed by atoms with Gasteiger partial charge in [-0.3, -0.25) is 0 Å². The smallest absolute Gasteiger partial charge is 0.0480 e. The van der Waals surface area contributed by atoms with E-state index < -0.39 is 0 Å². The predicted octanol–water partition coefficient (Wildman–Crippen LogP) is 3.07. The highest BCUT2D eigenvalue weighted by Gasteiger charge is 2.01. The van der Waals surface area contributed by atoms with E-state index in [1.807, 2.05) is 0 Å². The van der Waals surface area contributed by atoms with Crippen molar-refractivity contribution in [3.63, 3.8) is 0 Å². The van der Waals surface area contributed by atoms with Crippen LogP contribution in [0, 0.1) is 0 Å². The third kappa shape index (κ3) is 1.07. The summed E-state index contributed by atoms with van der Waals surface area (Å²) in [4.78, 5) is 0. The molecule has 0 unspecified atom stereocenters. The highest BCUT2D eigenvalue weighted by Crippen LogP contribution is 2.19. The molecular formula is C10H10BrN. The van der Waals surface area contributed by atoms with Crippen molar-refractivity contribution in [1.29, 1.82) is 0 Å². The van der Waals surface area contributed by atoms with E-state index in [1.165, 1.54) is 16.6 Å². The number of benzene rings is 1. The Morgan fingerprint density at radius 3 is 2.75 bits per heavy atom. The second-order valence-electron chi connectivity index (χ2n) is 2.89. The molecule has 1 nitrogen and oxygen atoms in total. The van der Waals surface area contributed by atoms with Crippen LogP contribution in [0.25, 0.3) is 10.9 Å². The highest BCUT2D eigenvalue weighted by atomic mass is 79.9. The van der Waals surface area contributed by atoms with E-state index in [2.05, 4.69) is 57.9 Å². The number of aromatic nitrogens is 1. The minimum absolute atomic E-state index is 0.915. The van der Waals surface area contributed by atoms with Crippen LogP contribution in [0.1, 0.15) is 5.69 Å². The number of alkyl halides is 1. The zero-order chi connectivity index (χ0) is 8.55. The lowest BCUT2D eigenvalue weighted by Gasteiger charge is -1.98. The highest BCUT2D eigenvalue weighted by molar-refractivity contribution is 9.08. The molecule has 0 saturated carbocycles. The zero-order valence-corrected chi connectivity index (χ0v) is 8.51. The first-order valence-corrected chi connectivity index (χ1v) is 5.04. The predicted molar refractivity (Wildman–Crippen MR) is 55.6 cm³/mol. The summed E-state index contributed by atoms with van der Waals surface area (Å²) in [6.07, 6.45) is 0. The first-order valence-electron chi connectivity index (χ1n) is 3.92. The number of hydrogen-bond acceptors (Lipinski definition) is 0. The fourth-order valence-corrected chi connectivity index (χ4v) is 2.01. The molecule has 1 aromatic heterocycles. The van der Waals surface area contributed by atoms with Crippen LogP contribution in [-0.2, 0) is 12.4 Å². The van der Waals surface area contributed by atoms with Crippen LogP contribution in [0.4, 0.5) is 0 Å². The Labute approximate surface area is 80.1 Å². The molecule has 62 valence electrons. The van der Waals surface area contributed by atoms with Gasteiger partial charge in [0, 0.05) is 23.6 Å². The SMILES string of the molecule is Cn1c(CBr)cc2ccccc21. The Balaban J connectivity index is 2.78. The molecule has 0 N–H and O–H groups in total. The van der Waals surface area contributed by atoms with Crippen LogP contribution in [0.3, 0.4) is 0 Å². The fraction of sp³-hybridized carbons (Fsp3) is 0.200. The Morgan fingerprint density at radius 1 is 1.33 bits per heavy atom. The van der Waals surface area contributed by atoms with E-state index in [-0.39, 0.29) is 0 Å². The van der Waals surface area contributed by atoms with Gasteiger partial charge >= 0.3 is 0 Å². The molecule has 2 heteroatoms. The normalized spacial score (nSPS) is 10.8. The summed E-state index contributed by atoms with van der Waals surface area (Å²) in [5, 5.41) is 2.23. The standard InChI is InChI=1S/C10H10BrN/c1-12-9(7-11)6-8-4-2-3-5-10(8)12/h2-6H,7H2,1H3. The summed E-state index contributed by atoms with van der Waals surface area (Å²) >= 11 is 3.47. The summed E-state index contributed by atoms with van der Waals surface area (Å²) in [6.45, 7) is 0. The van der Waals surface area contributed by atoms with E-state index in [9.17, 15) is 0 Å². The molecule has 0 aliphatic carbocycles. The number of aryl methyl sites for hydroxylation is 1. The molecule has 0 fully saturated rings. The van der Waals surface area contributed by atoms with Gasteiger partial charge in [-0.1, -0.05) is 34.1 Å². The summed E-state index contributed by atoms with van der Waals surface area (Å²) in [6, 6.07) is 10.6. The van der Waals surface area contributed by atoms with Crippen molar-refractivity contribution >= 4 is 26.8 Å². The van der Waals surface area contributed by atoms with Crippen LogP contribution in [0.5, 0.6) is 0 Å². The van der Waals surface area contributed by atoms with Crippen molar-refractivity contribution in [3.05, 3.63) is 36.0 Å². The first-order chi connectivity index (χ1) is 5.83. The Hall–Kier alpha value is -0.760. The van der Waals surface area contributed by atoms with Crippen LogP contribution in [-0.4, -0.2) is 4.57 Å². The van der Waals surface area contributed by atoms with Crippen molar-refractivity contribution in [2.75, 3.05) is 0 Å². The summed E-state index contributed by atoms with van der Waals surface area (Å²) in [7, 11) is 2.10. The van der Waals surface area contributed by atoms with E-state index in [4.69, 9.17) is 0 Å². The van der Waals surface area contributed by atoms with Crippen LogP contribution in [0.2, 0.25) is 0 Å². The molecule has 0 radical (unpaired) electrons. The first kappa shape index (κ1) is 7.87. The second-order valence-corrected chi connectivity index (χ2v) is 3.45. The largest absolute Gasteiger partial charge is 0.347 e. The monoisotopic (exact) mass is 223 g/mol. The fourth-order valence-electron chi connectivity index (χ4n) is 1.47. The molecule has 2 aromatic rings. The maximum Gasteiger partial charge on any atom is 0.0480 e. The van der Waals surface area contributed by atoms with Gasteiger partial charge in [0.25, 0.3) is 0 Å². The molecule has 0 atom stereocenters. The van der Waals surface area contributed by atoms with Gasteiger partial charge in [0.1, 0.15) is 0 Å². The van der Waals surface area contributed by atoms with Crippen molar-refractivity contribution in [2.45, 2.75) is 5.33 Å². The molecule has 2 rings (SSSR count). The summed E-state index contributed by atoms with van der Waals surface area (Å²) in [5.74, 6) is 0. The van der Waals surface area contributed by atoms with Gasteiger partial charge in [-0.05, 0) is 17.5 Å². The maximum atomic E-state index is 3.47. The molecule has 1 heterocycles. The van der Waals surface area contributed by atoms with E-state index >= 15 is 0 Å². The molecular weight excluding hydrogens is 214 g/mol. The summed E-state index contributed by atoms with van der Waals surface area (Å²) < 4.78 is 2.21. The number of para-hydroxylation sites is 1. The zero-order valence-electron chi connectivity index (χ0n) is 6.92. The van der Waals surface area contributed by atoms with Gasteiger partial charge in [-0.15, -0.1) is 0 Å². The average molecular weight is 224 g/mol. The Morgan fingerprint density at radius 2 is 2.08 bits per heavy atom. The number of nitrogens with zero attached hydrogens (tertiary/aromatic N) is 1. The average Bonchev–Trinajstić information content (AvgIpc) is 2.44. The molecule has 12 heavy (non-hydrogen) atoms. The van der Waals surface area contributed by atoms with E-state index in [0.717, 1.165) is 5.33 Å². The molecule has 0 amide bonds. The van der Waals surface area contributed by atoms with Crippen molar-refractivity contribution < 1.29 is 0 Å². The van der Waals surface area contributed by atoms with Crippen LogP contribution < -0.4 is 0 Å². The summed E-state index contributed by atoms with van der Waals surface area (Å²) in [5.41, 5.74) is 2.61. The van der Waals surface area contributed by atoms with Gasteiger partial charge in [0.2, 0.25) is 0 Å². The Bertz CT molecular complexity index is 403. The van der Waals surface area contributed by atoms with Crippen LogP contribution >= 0.6 is 15.9 Å². The second kappa shape index (κ2) is 2.94. The third-order valence-corrected chi connectivity index (χ3v) is 2.76. The molecule has 0 saturated heterocycles. The lowest BCUT2D eigenvalue weighted by molar-refractivity contribution is 0.912. The molecule has 0 aliphatic heterocycles. The molecule has 0 aliphatic rings. The molecule has 0 spiro atoms. The van der Waals surface area contributed by atoms with Gasteiger partial charge < -0.3 is 4.57 Å². The van der Waals surface area contributed by atoms with E-state index in [1.54, 1.807) is 0 Å². The number of rotatable bonds is 1. The topological polar surface area (TPSA) is 4.93 Å². The number of hydrogen-bond donors (Lipinski definition) is 0. The minimum atomic E-state index is 0.915. The van der Waals surface area contributed by atoms with Gasteiger partial charge in [0.05, 0.1) is 0 Å². The lowest BCUT2D eigenvalue weighted by Crippen LogP contribution is -1.91. The third-order valence-electron chi connectivity index (χ3n) is 2.19.